The molecule has 15 heavy (non-hydrogen) atoms. The zero-order chi connectivity index (χ0) is 11.3. The second kappa shape index (κ2) is 5.36. The van der Waals surface area contributed by atoms with Gasteiger partial charge in [-0.05, 0) is 6.07 Å². The van der Waals surface area contributed by atoms with Gasteiger partial charge in [0.15, 0.2) is 0 Å². The molecule has 0 aliphatic heterocycles. The highest BCUT2D eigenvalue weighted by molar-refractivity contribution is 5.73. The van der Waals surface area contributed by atoms with E-state index in [1.165, 1.54) is 6.92 Å². The predicted molar refractivity (Wildman–Crippen MR) is 56.6 cm³/mol. The number of hydrogen-bond donors (Lipinski definition) is 2. The maximum absolute atomic E-state index is 10.9. The van der Waals surface area contributed by atoms with Gasteiger partial charge in [-0.15, -0.1) is 0 Å². The molecule has 1 aromatic rings. The third-order valence-corrected chi connectivity index (χ3v) is 2.07. The van der Waals surface area contributed by atoms with Crippen LogP contribution in [-0.2, 0) is 4.79 Å². The van der Waals surface area contributed by atoms with E-state index in [1.54, 1.807) is 13.2 Å². The molecule has 1 aromatic carbocycles. The molecule has 1 amide bonds. The molecule has 0 radical (unpaired) electrons. The summed E-state index contributed by atoms with van der Waals surface area (Å²) in [5.74, 6) is 0.477. The van der Waals surface area contributed by atoms with Crippen molar-refractivity contribution in [1.82, 2.24) is 5.32 Å². The van der Waals surface area contributed by atoms with Crippen LogP contribution in [0.1, 0.15) is 18.5 Å². The van der Waals surface area contributed by atoms with Crippen molar-refractivity contribution >= 4 is 5.91 Å². The van der Waals surface area contributed by atoms with E-state index in [0.717, 1.165) is 5.56 Å². The first kappa shape index (κ1) is 11.5. The van der Waals surface area contributed by atoms with Gasteiger partial charge in [-0.25, -0.2) is 0 Å². The minimum Gasteiger partial charge on any atom is -0.496 e. The fourth-order valence-corrected chi connectivity index (χ4v) is 1.42. The summed E-state index contributed by atoms with van der Waals surface area (Å²) in [6.07, 6.45) is 0. The Labute approximate surface area is 88.9 Å². The molecule has 0 fully saturated rings. The Morgan fingerprint density at radius 1 is 1.53 bits per heavy atom. The van der Waals surface area contributed by atoms with Crippen LogP contribution in [0, 0.1) is 0 Å². The average molecular weight is 209 g/mol. The quantitative estimate of drug-likeness (QED) is 0.773. The van der Waals surface area contributed by atoms with Gasteiger partial charge in [0.2, 0.25) is 5.91 Å². The molecular weight excluding hydrogens is 194 g/mol. The van der Waals surface area contributed by atoms with Crippen molar-refractivity contribution in [2.24, 2.45) is 0 Å². The molecule has 2 N–H and O–H groups in total. The van der Waals surface area contributed by atoms with Crippen molar-refractivity contribution in [2.45, 2.75) is 13.0 Å². The molecule has 0 heterocycles. The maximum Gasteiger partial charge on any atom is 0.217 e. The number of hydrogen-bond acceptors (Lipinski definition) is 3. The number of rotatable bonds is 4. The molecule has 0 spiro atoms. The summed E-state index contributed by atoms with van der Waals surface area (Å²) >= 11 is 0. The van der Waals surface area contributed by atoms with Gasteiger partial charge in [-0.3, -0.25) is 4.79 Å². The summed E-state index contributed by atoms with van der Waals surface area (Å²) in [6, 6.07) is 6.86. The predicted octanol–water partition coefficient (Wildman–Crippen LogP) is 0.865. The first-order valence-electron chi connectivity index (χ1n) is 4.70. The van der Waals surface area contributed by atoms with Crippen molar-refractivity contribution in [3.63, 3.8) is 0 Å². The summed E-state index contributed by atoms with van der Waals surface area (Å²) in [7, 11) is 1.56. The van der Waals surface area contributed by atoms with E-state index in [-0.39, 0.29) is 12.5 Å². The van der Waals surface area contributed by atoms with Gasteiger partial charge in [-0.2, -0.15) is 0 Å². The molecule has 0 saturated heterocycles. The molecule has 0 saturated carbocycles. The standard InChI is InChI=1S/C11H15NO3/c1-8(14)12-10(7-13)9-5-3-4-6-11(9)15-2/h3-6,10,13H,7H2,1-2H3,(H,12,14). The lowest BCUT2D eigenvalue weighted by molar-refractivity contribution is -0.120. The number of para-hydroxylation sites is 1. The highest BCUT2D eigenvalue weighted by Gasteiger charge is 2.15. The number of carbonyl (C=O) groups is 1. The Kier molecular flexibility index (Phi) is 4.12. The Bertz CT molecular complexity index is 338. The summed E-state index contributed by atoms with van der Waals surface area (Å²) in [5.41, 5.74) is 0.776. The molecule has 82 valence electrons. The van der Waals surface area contributed by atoms with Crippen LogP contribution in [0.4, 0.5) is 0 Å². The first-order chi connectivity index (χ1) is 7.19. The molecule has 1 unspecified atom stereocenters. The second-order valence-corrected chi connectivity index (χ2v) is 3.18. The number of aliphatic hydroxyl groups is 1. The maximum atomic E-state index is 10.9. The summed E-state index contributed by atoms with van der Waals surface area (Å²) in [6.45, 7) is 1.26. The Balaban J connectivity index is 2.95. The highest BCUT2D eigenvalue weighted by atomic mass is 16.5. The molecule has 4 heteroatoms. The monoisotopic (exact) mass is 209 g/mol. The van der Waals surface area contributed by atoms with Crippen LogP contribution in [0.2, 0.25) is 0 Å². The fraction of sp³-hybridized carbons (Fsp3) is 0.364. The largest absolute Gasteiger partial charge is 0.496 e. The third kappa shape index (κ3) is 2.95. The van der Waals surface area contributed by atoms with Crippen LogP contribution in [0.3, 0.4) is 0 Å². The summed E-state index contributed by atoms with van der Waals surface area (Å²) in [4.78, 5) is 10.9. The second-order valence-electron chi connectivity index (χ2n) is 3.18. The first-order valence-corrected chi connectivity index (χ1v) is 4.70. The highest BCUT2D eigenvalue weighted by Crippen LogP contribution is 2.24. The molecule has 0 aliphatic rings. The van der Waals surface area contributed by atoms with Crippen LogP contribution in [0.5, 0.6) is 5.75 Å². The smallest absolute Gasteiger partial charge is 0.217 e. The Hall–Kier alpha value is -1.55. The number of methoxy groups -OCH3 is 1. The number of aliphatic hydroxyl groups excluding tert-OH is 1. The lowest BCUT2D eigenvalue weighted by atomic mass is 10.1. The van der Waals surface area contributed by atoms with Gasteiger partial charge >= 0.3 is 0 Å². The zero-order valence-electron chi connectivity index (χ0n) is 8.86. The third-order valence-electron chi connectivity index (χ3n) is 2.07. The molecule has 0 bridgehead atoms. The average Bonchev–Trinajstić information content (AvgIpc) is 2.25. The Morgan fingerprint density at radius 3 is 2.73 bits per heavy atom. The molecule has 0 aliphatic carbocycles. The number of benzene rings is 1. The van der Waals surface area contributed by atoms with E-state index < -0.39 is 6.04 Å². The van der Waals surface area contributed by atoms with Crippen molar-refractivity contribution in [1.29, 1.82) is 0 Å². The van der Waals surface area contributed by atoms with Crippen LogP contribution in [0.25, 0.3) is 0 Å². The van der Waals surface area contributed by atoms with Crippen molar-refractivity contribution in [3.8, 4) is 5.75 Å². The van der Waals surface area contributed by atoms with Crippen LogP contribution < -0.4 is 10.1 Å². The molecule has 1 rings (SSSR count). The number of carbonyl (C=O) groups excluding carboxylic acids is 1. The molecule has 4 nitrogen and oxygen atoms in total. The lowest BCUT2D eigenvalue weighted by Gasteiger charge is -2.18. The number of amides is 1. The zero-order valence-corrected chi connectivity index (χ0v) is 8.86. The SMILES string of the molecule is COc1ccccc1C(CO)NC(C)=O. The van der Waals surface area contributed by atoms with E-state index >= 15 is 0 Å². The fourth-order valence-electron chi connectivity index (χ4n) is 1.42. The van der Waals surface area contributed by atoms with Gasteiger partial charge in [-0.1, -0.05) is 18.2 Å². The van der Waals surface area contributed by atoms with Gasteiger partial charge in [0, 0.05) is 12.5 Å². The van der Waals surface area contributed by atoms with E-state index in [0.29, 0.717) is 5.75 Å². The topological polar surface area (TPSA) is 58.6 Å². The van der Waals surface area contributed by atoms with Gasteiger partial charge in [0.25, 0.3) is 0 Å². The van der Waals surface area contributed by atoms with Crippen LogP contribution in [0.15, 0.2) is 24.3 Å². The van der Waals surface area contributed by atoms with Crippen molar-refractivity contribution < 1.29 is 14.6 Å². The minimum atomic E-state index is -0.418. The van der Waals surface area contributed by atoms with Crippen LogP contribution in [-0.4, -0.2) is 24.7 Å². The van der Waals surface area contributed by atoms with Crippen LogP contribution >= 0.6 is 0 Å². The summed E-state index contributed by atoms with van der Waals surface area (Å²) < 4.78 is 5.15. The van der Waals surface area contributed by atoms with E-state index in [9.17, 15) is 9.90 Å². The van der Waals surface area contributed by atoms with E-state index in [1.807, 2.05) is 18.2 Å². The number of ether oxygens (including phenoxy) is 1. The number of nitrogens with one attached hydrogen (secondary N) is 1. The van der Waals surface area contributed by atoms with Gasteiger partial charge in [0.1, 0.15) is 5.75 Å². The molecule has 0 aromatic heterocycles. The van der Waals surface area contributed by atoms with E-state index in [4.69, 9.17) is 4.74 Å². The minimum absolute atomic E-state index is 0.153. The van der Waals surface area contributed by atoms with E-state index in [2.05, 4.69) is 5.32 Å². The van der Waals surface area contributed by atoms with Crippen molar-refractivity contribution in [3.05, 3.63) is 29.8 Å². The van der Waals surface area contributed by atoms with Crippen molar-refractivity contribution in [2.75, 3.05) is 13.7 Å². The molecular formula is C11H15NO3. The normalized spacial score (nSPS) is 11.9. The van der Waals surface area contributed by atoms with Gasteiger partial charge in [0.05, 0.1) is 19.8 Å². The van der Waals surface area contributed by atoms with Gasteiger partial charge < -0.3 is 15.2 Å². The molecule has 1 atom stereocenters. The lowest BCUT2D eigenvalue weighted by Crippen LogP contribution is -2.28. The summed E-state index contributed by atoms with van der Waals surface area (Å²) in [5, 5.41) is 11.8. The Morgan fingerprint density at radius 2 is 2.20 bits per heavy atom.